The van der Waals surface area contributed by atoms with Gasteiger partial charge >= 0.3 is 11.9 Å². The van der Waals surface area contributed by atoms with Crippen molar-refractivity contribution in [3.05, 3.63) is 0 Å². The van der Waals surface area contributed by atoms with Crippen molar-refractivity contribution in [2.75, 3.05) is 6.54 Å². The maximum absolute atomic E-state index is 12.7. The number of carbonyl (C=O) groups excluding carboxylic acids is 4. The fourth-order valence-electron chi connectivity index (χ4n) is 2.66. The predicted octanol–water partition coefficient (Wildman–Crippen LogP) is -3.01. The summed E-state index contributed by atoms with van der Waals surface area (Å²) in [6.45, 7) is 3.64. The molecule has 0 aromatic carbocycles. The van der Waals surface area contributed by atoms with Gasteiger partial charge in [-0.05, 0) is 31.7 Å². The predicted molar refractivity (Wildman–Crippen MR) is 115 cm³/mol. The van der Waals surface area contributed by atoms with Crippen molar-refractivity contribution in [3.8, 4) is 0 Å². The first-order chi connectivity index (χ1) is 15.3. The molecule has 0 radical (unpaired) electrons. The van der Waals surface area contributed by atoms with E-state index in [1.807, 2.05) is 0 Å². The second-order valence-corrected chi connectivity index (χ2v) is 7.84. The Morgan fingerprint density at radius 3 is 1.70 bits per heavy atom. The lowest BCUT2D eigenvalue weighted by Gasteiger charge is -2.24. The van der Waals surface area contributed by atoms with Crippen molar-refractivity contribution in [3.63, 3.8) is 0 Å². The molecule has 0 rings (SSSR count). The summed E-state index contributed by atoms with van der Waals surface area (Å²) in [6, 6.07) is -5.54. The van der Waals surface area contributed by atoms with E-state index < -0.39 is 72.6 Å². The number of hydrogen-bond acceptors (Lipinski definition) is 8. The third-order valence-electron chi connectivity index (χ3n) is 4.63. The number of carboxylic acids is 2. The van der Waals surface area contributed by atoms with Gasteiger partial charge in [-0.2, -0.15) is 0 Å². The van der Waals surface area contributed by atoms with Crippen LogP contribution in [-0.2, 0) is 28.8 Å². The summed E-state index contributed by atoms with van der Waals surface area (Å²) in [5.74, 6) is -6.91. The molecule has 0 saturated carbocycles. The first-order valence-electron chi connectivity index (χ1n) is 10.4. The van der Waals surface area contributed by atoms with Gasteiger partial charge in [0.15, 0.2) is 0 Å². The topological polar surface area (TPSA) is 257 Å². The minimum Gasteiger partial charge on any atom is -0.481 e. The summed E-state index contributed by atoms with van der Waals surface area (Å²) in [7, 11) is 0. The first-order valence-corrected chi connectivity index (χ1v) is 10.4. The van der Waals surface area contributed by atoms with Gasteiger partial charge in [0.05, 0.1) is 18.9 Å². The molecule has 188 valence electrons. The van der Waals surface area contributed by atoms with Crippen LogP contribution in [-0.4, -0.2) is 76.5 Å². The van der Waals surface area contributed by atoms with Crippen LogP contribution in [0.4, 0.5) is 0 Å². The molecular formula is C19H34N6O8. The zero-order chi connectivity index (χ0) is 25.7. The van der Waals surface area contributed by atoms with Gasteiger partial charge < -0.3 is 43.4 Å². The quantitative estimate of drug-likeness (QED) is 0.105. The molecule has 33 heavy (non-hydrogen) atoms. The van der Waals surface area contributed by atoms with Crippen LogP contribution in [0.1, 0.15) is 46.0 Å². The van der Waals surface area contributed by atoms with Crippen LogP contribution < -0.4 is 33.2 Å². The zero-order valence-electron chi connectivity index (χ0n) is 18.7. The maximum Gasteiger partial charge on any atom is 0.326 e. The number of unbranched alkanes of at least 4 members (excludes halogenated alkanes) is 1. The molecule has 0 spiro atoms. The van der Waals surface area contributed by atoms with Gasteiger partial charge in [0.25, 0.3) is 0 Å². The van der Waals surface area contributed by atoms with Crippen LogP contribution in [0.25, 0.3) is 0 Å². The highest BCUT2D eigenvalue weighted by molar-refractivity contribution is 5.97. The van der Waals surface area contributed by atoms with Gasteiger partial charge in [0.2, 0.25) is 23.6 Å². The summed E-state index contributed by atoms with van der Waals surface area (Å²) >= 11 is 0. The Hall–Kier alpha value is -3.26. The smallest absolute Gasteiger partial charge is 0.326 e. The van der Waals surface area contributed by atoms with E-state index >= 15 is 0 Å². The summed E-state index contributed by atoms with van der Waals surface area (Å²) in [5, 5.41) is 25.0. The van der Waals surface area contributed by atoms with E-state index in [1.165, 1.54) is 0 Å². The fourth-order valence-corrected chi connectivity index (χ4v) is 2.66. The zero-order valence-corrected chi connectivity index (χ0v) is 18.7. The molecule has 0 aromatic heterocycles. The molecule has 4 unspecified atom stereocenters. The molecule has 11 N–H and O–H groups in total. The third kappa shape index (κ3) is 11.8. The van der Waals surface area contributed by atoms with Crippen LogP contribution in [0, 0.1) is 5.92 Å². The Morgan fingerprint density at radius 2 is 1.27 bits per heavy atom. The second-order valence-electron chi connectivity index (χ2n) is 7.84. The maximum atomic E-state index is 12.7. The Labute approximate surface area is 191 Å². The van der Waals surface area contributed by atoms with Crippen molar-refractivity contribution < 1.29 is 39.0 Å². The molecule has 0 aliphatic heterocycles. The van der Waals surface area contributed by atoms with Crippen molar-refractivity contribution >= 4 is 35.6 Å². The lowest BCUT2D eigenvalue weighted by Crippen LogP contribution is -2.58. The van der Waals surface area contributed by atoms with E-state index in [2.05, 4.69) is 16.0 Å². The van der Waals surface area contributed by atoms with Crippen LogP contribution in [0.5, 0.6) is 0 Å². The summed E-state index contributed by atoms with van der Waals surface area (Å²) in [4.78, 5) is 71.4. The lowest BCUT2D eigenvalue weighted by molar-refractivity contribution is -0.144. The van der Waals surface area contributed by atoms with Gasteiger partial charge in [-0.25, -0.2) is 4.79 Å². The number of carbonyl (C=O) groups is 6. The fraction of sp³-hybridized carbons (Fsp3) is 0.684. The number of hydrogen-bond donors (Lipinski definition) is 8. The number of nitrogens with two attached hydrogens (primary N) is 3. The molecule has 0 aromatic rings. The van der Waals surface area contributed by atoms with Crippen LogP contribution >= 0.6 is 0 Å². The van der Waals surface area contributed by atoms with E-state index in [1.54, 1.807) is 13.8 Å². The van der Waals surface area contributed by atoms with E-state index in [0.29, 0.717) is 19.4 Å². The Bertz CT molecular complexity index is 729. The van der Waals surface area contributed by atoms with Gasteiger partial charge in [-0.1, -0.05) is 13.8 Å². The molecule has 14 heteroatoms. The van der Waals surface area contributed by atoms with Gasteiger partial charge in [-0.15, -0.1) is 0 Å². The largest absolute Gasteiger partial charge is 0.481 e. The number of carboxylic acid groups (broad SMARTS) is 2. The van der Waals surface area contributed by atoms with E-state index in [-0.39, 0.29) is 12.3 Å². The standard InChI is InChI=1S/C19H34N6O8/c1-9(2)15(22)18(31)25-11(7-13(21)26)16(29)24-12(8-14(27)28)17(30)23-10(19(32)33)5-3-4-6-20/h9-12,15H,3-8,20,22H2,1-2H3,(H2,21,26)(H,23,30)(H,24,29)(H,25,31)(H,27,28)(H,32,33). The Morgan fingerprint density at radius 1 is 0.788 bits per heavy atom. The van der Waals surface area contributed by atoms with E-state index in [4.69, 9.17) is 22.3 Å². The molecule has 0 fully saturated rings. The molecule has 0 heterocycles. The van der Waals surface area contributed by atoms with Crippen LogP contribution in [0.15, 0.2) is 0 Å². The average molecular weight is 475 g/mol. The first kappa shape index (κ1) is 29.7. The van der Waals surface area contributed by atoms with Crippen molar-refractivity contribution in [1.82, 2.24) is 16.0 Å². The number of rotatable bonds is 16. The number of aliphatic carboxylic acids is 2. The summed E-state index contributed by atoms with van der Waals surface area (Å²) < 4.78 is 0. The van der Waals surface area contributed by atoms with Crippen molar-refractivity contribution in [1.29, 1.82) is 0 Å². The highest BCUT2D eigenvalue weighted by atomic mass is 16.4. The number of nitrogens with one attached hydrogen (secondary N) is 3. The number of amides is 4. The molecule has 0 aliphatic carbocycles. The van der Waals surface area contributed by atoms with Crippen LogP contribution in [0.2, 0.25) is 0 Å². The minimum absolute atomic E-state index is 0.0411. The third-order valence-corrected chi connectivity index (χ3v) is 4.63. The SMILES string of the molecule is CC(C)C(N)C(=O)NC(CC(N)=O)C(=O)NC(CC(=O)O)C(=O)NC(CCCCN)C(=O)O. The van der Waals surface area contributed by atoms with E-state index in [9.17, 15) is 33.9 Å². The molecule has 4 atom stereocenters. The van der Waals surface area contributed by atoms with Crippen molar-refractivity contribution in [2.45, 2.75) is 70.1 Å². The Kier molecular flexibility index (Phi) is 13.3. The molecule has 0 bridgehead atoms. The highest BCUT2D eigenvalue weighted by Crippen LogP contribution is 2.05. The van der Waals surface area contributed by atoms with Gasteiger partial charge in [0, 0.05) is 0 Å². The average Bonchev–Trinajstić information content (AvgIpc) is 2.70. The van der Waals surface area contributed by atoms with Crippen molar-refractivity contribution in [2.24, 2.45) is 23.1 Å². The highest BCUT2D eigenvalue weighted by Gasteiger charge is 2.32. The second kappa shape index (κ2) is 14.7. The summed E-state index contributed by atoms with van der Waals surface area (Å²) in [5.41, 5.74) is 16.2. The lowest BCUT2D eigenvalue weighted by atomic mass is 10.0. The normalized spacial score (nSPS) is 14.5. The van der Waals surface area contributed by atoms with E-state index in [0.717, 1.165) is 0 Å². The van der Waals surface area contributed by atoms with Gasteiger partial charge in [-0.3, -0.25) is 24.0 Å². The molecule has 4 amide bonds. The minimum atomic E-state index is -1.68. The molecule has 14 nitrogen and oxygen atoms in total. The van der Waals surface area contributed by atoms with Crippen LogP contribution in [0.3, 0.4) is 0 Å². The number of primary amides is 1. The molecule has 0 aliphatic rings. The molecular weight excluding hydrogens is 440 g/mol. The monoisotopic (exact) mass is 474 g/mol. The molecule has 0 saturated heterocycles. The Balaban J connectivity index is 5.50. The summed E-state index contributed by atoms with van der Waals surface area (Å²) in [6.07, 6.45) is -0.565. The van der Waals surface area contributed by atoms with Gasteiger partial charge in [0.1, 0.15) is 18.1 Å².